The van der Waals surface area contributed by atoms with E-state index in [0.717, 1.165) is 24.0 Å². The van der Waals surface area contributed by atoms with Gasteiger partial charge in [-0.2, -0.15) is 0 Å². The summed E-state index contributed by atoms with van der Waals surface area (Å²) in [4.78, 5) is 12.2. The van der Waals surface area contributed by atoms with E-state index in [-0.39, 0.29) is 16.7 Å². The lowest BCUT2D eigenvalue weighted by atomic mass is 10.2. The third kappa shape index (κ3) is 4.86. The summed E-state index contributed by atoms with van der Waals surface area (Å²) >= 11 is 0. The Morgan fingerprint density at radius 1 is 1.06 bits per heavy atom. The van der Waals surface area contributed by atoms with Gasteiger partial charge in [0, 0.05) is 5.92 Å². The van der Waals surface area contributed by atoms with Crippen LogP contribution < -0.4 is 10.0 Å². The minimum Gasteiger partial charge on any atom is -0.354 e. The minimum absolute atomic E-state index is 0.0170. The van der Waals surface area contributed by atoms with Crippen molar-refractivity contribution in [2.45, 2.75) is 31.6 Å². The van der Waals surface area contributed by atoms with Crippen molar-refractivity contribution in [3.8, 4) is 0 Å². The van der Waals surface area contributed by atoms with Gasteiger partial charge in [-0.25, -0.2) is 8.42 Å². The predicted octanol–water partition coefficient (Wildman–Crippen LogP) is 4.61. The Balaban J connectivity index is 1.48. The number of para-hydroxylation sites is 1. The first kappa shape index (κ1) is 20.9. The lowest BCUT2D eigenvalue weighted by molar-refractivity contribution is -0.117. The number of nitrogens with zero attached hydrogens (tertiary/aromatic N) is 1. The van der Waals surface area contributed by atoms with E-state index in [1.54, 1.807) is 55.5 Å². The van der Waals surface area contributed by atoms with Gasteiger partial charge in [-0.05, 0) is 62.1 Å². The molecule has 1 heterocycles. The molecule has 0 unspecified atom stereocenters. The average molecular weight is 438 g/mol. The molecule has 1 fully saturated rings. The molecule has 0 bridgehead atoms. The molecule has 4 rings (SSSR count). The lowest BCUT2D eigenvalue weighted by Gasteiger charge is -2.10. The van der Waals surface area contributed by atoms with E-state index in [0.29, 0.717) is 22.8 Å². The van der Waals surface area contributed by atoms with Gasteiger partial charge in [-0.15, -0.1) is 0 Å². The van der Waals surface area contributed by atoms with E-state index in [2.05, 4.69) is 15.2 Å². The SMILES string of the molecule is Cc1ccccc1NS(=O)(=O)c1ccc(C=Cc2onc(C)c2NC(=O)C2CC2)cc1. The van der Waals surface area contributed by atoms with E-state index >= 15 is 0 Å². The van der Waals surface area contributed by atoms with Gasteiger partial charge in [0.15, 0.2) is 5.76 Å². The molecule has 1 aliphatic carbocycles. The van der Waals surface area contributed by atoms with Crippen molar-refractivity contribution in [3.63, 3.8) is 0 Å². The van der Waals surface area contributed by atoms with Gasteiger partial charge in [0.2, 0.25) is 5.91 Å². The van der Waals surface area contributed by atoms with Crippen LogP contribution in [0.25, 0.3) is 12.2 Å². The molecule has 8 heteroatoms. The topological polar surface area (TPSA) is 101 Å². The number of nitrogens with one attached hydrogen (secondary N) is 2. The van der Waals surface area contributed by atoms with Crippen molar-refractivity contribution >= 4 is 39.5 Å². The highest BCUT2D eigenvalue weighted by Gasteiger charge is 2.30. The molecule has 0 spiro atoms. The standard InChI is InChI=1S/C23H23N3O4S/c1-15-5-3-4-6-20(15)26-31(28,29)19-12-7-17(8-13-19)9-14-21-22(16(2)25-30-21)24-23(27)18-10-11-18/h3-9,12-14,18,26H,10-11H2,1-2H3,(H,24,27). The fourth-order valence-corrected chi connectivity index (χ4v) is 4.18. The van der Waals surface area contributed by atoms with Crippen LogP contribution in [-0.4, -0.2) is 19.5 Å². The molecule has 1 saturated carbocycles. The van der Waals surface area contributed by atoms with Gasteiger partial charge in [0.25, 0.3) is 10.0 Å². The summed E-state index contributed by atoms with van der Waals surface area (Å²) in [5, 5.41) is 6.81. The summed E-state index contributed by atoms with van der Waals surface area (Å²) in [6.07, 6.45) is 5.31. The Bertz CT molecular complexity index is 1240. The predicted molar refractivity (Wildman–Crippen MR) is 120 cm³/mol. The van der Waals surface area contributed by atoms with Crippen molar-refractivity contribution in [3.05, 3.63) is 71.1 Å². The summed E-state index contributed by atoms with van der Waals surface area (Å²) < 4.78 is 33.3. The monoisotopic (exact) mass is 437 g/mol. The summed E-state index contributed by atoms with van der Waals surface area (Å²) in [6, 6.07) is 13.7. The van der Waals surface area contributed by atoms with Gasteiger partial charge in [-0.1, -0.05) is 41.6 Å². The quantitative estimate of drug-likeness (QED) is 0.562. The average Bonchev–Trinajstić information content (AvgIpc) is 3.54. The van der Waals surface area contributed by atoms with Crippen LogP contribution in [0.3, 0.4) is 0 Å². The van der Waals surface area contributed by atoms with Crippen LogP contribution in [0.5, 0.6) is 0 Å². The summed E-state index contributed by atoms with van der Waals surface area (Å²) in [6.45, 7) is 3.61. The van der Waals surface area contributed by atoms with Crippen LogP contribution in [-0.2, 0) is 14.8 Å². The van der Waals surface area contributed by atoms with Gasteiger partial charge in [-0.3, -0.25) is 9.52 Å². The zero-order chi connectivity index (χ0) is 22.0. The molecule has 2 N–H and O–H groups in total. The molecule has 0 aliphatic heterocycles. The number of sulfonamides is 1. The first-order valence-electron chi connectivity index (χ1n) is 9.97. The maximum Gasteiger partial charge on any atom is 0.261 e. The van der Waals surface area contributed by atoms with E-state index < -0.39 is 10.0 Å². The highest BCUT2D eigenvalue weighted by molar-refractivity contribution is 7.92. The zero-order valence-electron chi connectivity index (χ0n) is 17.3. The number of amides is 1. The summed E-state index contributed by atoms with van der Waals surface area (Å²) in [7, 11) is -3.69. The summed E-state index contributed by atoms with van der Waals surface area (Å²) in [5.74, 6) is 0.509. The Labute approximate surface area is 181 Å². The maximum atomic E-state index is 12.7. The number of aryl methyl sites for hydroxylation is 2. The Hall–Kier alpha value is -3.39. The minimum atomic E-state index is -3.69. The number of rotatable bonds is 7. The van der Waals surface area contributed by atoms with E-state index in [1.165, 1.54) is 0 Å². The van der Waals surface area contributed by atoms with Crippen molar-refractivity contribution < 1.29 is 17.7 Å². The molecule has 0 radical (unpaired) electrons. The third-order valence-corrected chi connectivity index (χ3v) is 6.47. The molecule has 3 aromatic rings. The number of carbonyl (C=O) groups is 1. The molecule has 2 aromatic carbocycles. The fraction of sp³-hybridized carbons (Fsp3) is 0.217. The first-order chi connectivity index (χ1) is 14.8. The largest absolute Gasteiger partial charge is 0.354 e. The smallest absolute Gasteiger partial charge is 0.261 e. The zero-order valence-corrected chi connectivity index (χ0v) is 18.1. The second-order valence-corrected chi connectivity index (χ2v) is 9.28. The molecule has 7 nitrogen and oxygen atoms in total. The van der Waals surface area contributed by atoms with Gasteiger partial charge in [0.05, 0.1) is 10.6 Å². The second-order valence-electron chi connectivity index (χ2n) is 7.59. The molecule has 0 atom stereocenters. The van der Waals surface area contributed by atoms with Gasteiger partial charge in [0.1, 0.15) is 11.4 Å². The van der Waals surface area contributed by atoms with E-state index in [1.807, 2.05) is 19.1 Å². The van der Waals surface area contributed by atoms with Gasteiger partial charge >= 0.3 is 0 Å². The molecule has 1 aliphatic rings. The number of carbonyl (C=O) groups excluding carboxylic acids is 1. The Kier molecular flexibility index (Phi) is 5.65. The fourth-order valence-electron chi connectivity index (χ4n) is 3.04. The molecular formula is C23H23N3O4S. The molecular weight excluding hydrogens is 414 g/mol. The Morgan fingerprint density at radius 2 is 1.77 bits per heavy atom. The van der Waals surface area contributed by atoms with Gasteiger partial charge < -0.3 is 9.84 Å². The molecule has 1 amide bonds. The van der Waals surface area contributed by atoms with Crippen LogP contribution in [0.2, 0.25) is 0 Å². The van der Waals surface area contributed by atoms with Crippen molar-refractivity contribution in [2.75, 3.05) is 10.0 Å². The molecule has 160 valence electrons. The number of anilines is 2. The number of hydrogen-bond acceptors (Lipinski definition) is 5. The molecule has 0 saturated heterocycles. The number of hydrogen-bond donors (Lipinski definition) is 2. The van der Waals surface area contributed by atoms with Crippen LogP contribution in [0.4, 0.5) is 11.4 Å². The normalized spacial score (nSPS) is 14.0. The first-order valence-corrected chi connectivity index (χ1v) is 11.5. The van der Waals surface area contributed by atoms with Crippen molar-refractivity contribution in [1.82, 2.24) is 5.16 Å². The van der Waals surface area contributed by atoms with Crippen LogP contribution in [0.15, 0.2) is 57.9 Å². The maximum absolute atomic E-state index is 12.7. The van der Waals surface area contributed by atoms with Crippen molar-refractivity contribution in [1.29, 1.82) is 0 Å². The van der Waals surface area contributed by atoms with Crippen LogP contribution in [0, 0.1) is 19.8 Å². The number of benzene rings is 2. The van der Waals surface area contributed by atoms with Crippen LogP contribution in [0.1, 0.15) is 35.4 Å². The Morgan fingerprint density at radius 3 is 2.45 bits per heavy atom. The van der Waals surface area contributed by atoms with E-state index in [4.69, 9.17) is 4.52 Å². The second kappa shape index (κ2) is 8.39. The number of aromatic nitrogens is 1. The van der Waals surface area contributed by atoms with Crippen molar-refractivity contribution in [2.24, 2.45) is 5.92 Å². The van der Waals surface area contributed by atoms with Crippen LogP contribution >= 0.6 is 0 Å². The summed E-state index contributed by atoms with van der Waals surface area (Å²) in [5.41, 5.74) is 3.35. The third-order valence-electron chi connectivity index (χ3n) is 5.09. The highest BCUT2D eigenvalue weighted by atomic mass is 32.2. The molecule has 31 heavy (non-hydrogen) atoms. The van der Waals surface area contributed by atoms with E-state index in [9.17, 15) is 13.2 Å². The highest BCUT2D eigenvalue weighted by Crippen LogP contribution is 2.32. The molecule has 1 aromatic heterocycles. The lowest BCUT2D eigenvalue weighted by Crippen LogP contribution is -2.14.